The molecule has 1 aromatic heterocycles. The van der Waals surface area contributed by atoms with E-state index in [2.05, 4.69) is 20.5 Å². The minimum atomic E-state index is -4.71. The molecule has 2 aromatic carbocycles. The van der Waals surface area contributed by atoms with Crippen molar-refractivity contribution in [3.05, 3.63) is 77.1 Å². The molecule has 164 valence electrons. The number of para-hydroxylation sites is 1. The van der Waals surface area contributed by atoms with Crippen LogP contribution >= 0.6 is 0 Å². The van der Waals surface area contributed by atoms with Gasteiger partial charge in [0, 0.05) is 24.3 Å². The van der Waals surface area contributed by atoms with E-state index in [-0.39, 0.29) is 11.8 Å². The Morgan fingerprint density at radius 2 is 1.71 bits per heavy atom. The first-order valence-electron chi connectivity index (χ1n) is 9.70. The molecule has 2 N–H and O–H groups in total. The average molecular weight is 432 g/mol. The second kappa shape index (κ2) is 9.55. The lowest BCUT2D eigenvalue weighted by molar-refractivity contribution is -0.274. The Morgan fingerprint density at radius 3 is 2.35 bits per heavy atom. The number of nitrogens with one attached hydrogen (secondary N) is 2. The van der Waals surface area contributed by atoms with Crippen molar-refractivity contribution in [1.29, 1.82) is 0 Å². The van der Waals surface area contributed by atoms with Gasteiger partial charge in [-0.05, 0) is 50.1 Å². The third-order valence-electron chi connectivity index (χ3n) is 4.72. The zero-order chi connectivity index (χ0) is 22.4. The highest BCUT2D eigenvalue weighted by Crippen LogP contribution is 2.22. The summed E-state index contributed by atoms with van der Waals surface area (Å²) in [6, 6.07) is 15.0. The van der Waals surface area contributed by atoms with Crippen molar-refractivity contribution in [2.24, 2.45) is 0 Å². The van der Waals surface area contributed by atoms with Crippen LogP contribution in [0.1, 0.15) is 22.5 Å². The molecular formula is C22H23F3N4O2. The van der Waals surface area contributed by atoms with Gasteiger partial charge >= 0.3 is 12.4 Å². The second-order valence-corrected chi connectivity index (χ2v) is 6.95. The van der Waals surface area contributed by atoms with E-state index in [1.807, 2.05) is 48.9 Å². The van der Waals surface area contributed by atoms with E-state index in [9.17, 15) is 18.0 Å². The third kappa shape index (κ3) is 6.24. The van der Waals surface area contributed by atoms with Gasteiger partial charge in [-0.1, -0.05) is 30.3 Å². The van der Waals surface area contributed by atoms with Gasteiger partial charge in [-0.15, -0.1) is 13.2 Å². The molecule has 2 amide bonds. The van der Waals surface area contributed by atoms with Crippen LogP contribution in [0.5, 0.6) is 5.75 Å². The lowest BCUT2D eigenvalue weighted by Gasteiger charge is -2.10. The number of urea groups is 1. The number of carbonyl (C=O) groups is 1. The smallest absolute Gasteiger partial charge is 0.406 e. The molecule has 0 saturated heterocycles. The Kier molecular flexibility index (Phi) is 6.84. The van der Waals surface area contributed by atoms with E-state index in [1.165, 1.54) is 24.3 Å². The molecule has 6 nitrogen and oxygen atoms in total. The largest absolute Gasteiger partial charge is 0.573 e. The summed E-state index contributed by atoms with van der Waals surface area (Å²) in [6.45, 7) is 4.52. The van der Waals surface area contributed by atoms with Crippen molar-refractivity contribution >= 4 is 6.03 Å². The van der Waals surface area contributed by atoms with Gasteiger partial charge in [0.05, 0.1) is 11.4 Å². The number of ether oxygens (including phenoxy) is 1. The van der Waals surface area contributed by atoms with Gasteiger partial charge < -0.3 is 15.4 Å². The Morgan fingerprint density at radius 1 is 1.03 bits per heavy atom. The number of hydrogen-bond acceptors (Lipinski definition) is 3. The highest BCUT2D eigenvalue weighted by molar-refractivity contribution is 5.73. The zero-order valence-corrected chi connectivity index (χ0v) is 17.2. The maximum Gasteiger partial charge on any atom is 0.573 e. The number of nitrogens with zero attached hydrogens (tertiary/aromatic N) is 2. The highest BCUT2D eigenvalue weighted by Gasteiger charge is 2.30. The SMILES string of the molecule is Cc1nn(-c2ccccc2)c(C)c1CNC(=O)NCCc1ccc(OC(F)(F)F)cc1. The van der Waals surface area contributed by atoms with E-state index in [1.54, 1.807) is 0 Å². The van der Waals surface area contributed by atoms with Crippen LogP contribution < -0.4 is 15.4 Å². The number of benzene rings is 2. The minimum Gasteiger partial charge on any atom is -0.406 e. The molecule has 0 atom stereocenters. The highest BCUT2D eigenvalue weighted by atomic mass is 19.4. The number of amides is 2. The fourth-order valence-corrected chi connectivity index (χ4v) is 3.16. The lowest BCUT2D eigenvalue weighted by Crippen LogP contribution is -2.36. The molecule has 31 heavy (non-hydrogen) atoms. The fourth-order valence-electron chi connectivity index (χ4n) is 3.16. The molecule has 1 heterocycles. The molecule has 0 aliphatic heterocycles. The normalized spacial score (nSPS) is 11.3. The topological polar surface area (TPSA) is 68.2 Å². The van der Waals surface area contributed by atoms with Gasteiger partial charge in [0.2, 0.25) is 0 Å². The van der Waals surface area contributed by atoms with Crippen molar-refractivity contribution in [2.75, 3.05) is 6.54 Å². The molecule has 3 rings (SSSR count). The molecule has 0 radical (unpaired) electrons. The number of halogens is 3. The molecule has 0 bridgehead atoms. The van der Waals surface area contributed by atoms with Gasteiger partial charge in [-0.3, -0.25) is 0 Å². The molecule has 0 spiro atoms. The maximum absolute atomic E-state index is 12.2. The summed E-state index contributed by atoms with van der Waals surface area (Å²) < 4.78 is 42.2. The summed E-state index contributed by atoms with van der Waals surface area (Å²) in [4.78, 5) is 12.1. The molecule has 3 aromatic rings. The maximum atomic E-state index is 12.2. The van der Waals surface area contributed by atoms with Crippen LogP contribution in [-0.4, -0.2) is 28.7 Å². The van der Waals surface area contributed by atoms with E-state index < -0.39 is 6.36 Å². The van der Waals surface area contributed by atoms with Crippen molar-refractivity contribution in [3.63, 3.8) is 0 Å². The van der Waals surface area contributed by atoms with Crippen molar-refractivity contribution in [3.8, 4) is 11.4 Å². The minimum absolute atomic E-state index is 0.274. The summed E-state index contributed by atoms with van der Waals surface area (Å²) in [5, 5.41) is 10.1. The number of alkyl halides is 3. The van der Waals surface area contributed by atoms with Crippen LogP contribution in [0.15, 0.2) is 54.6 Å². The zero-order valence-electron chi connectivity index (χ0n) is 17.2. The Balaban J connectivity index is 1.47. The predicted octanol–water partition coefficient (Wildman–Crippen LogP) is 4.43. The summed E-state index contributed by atoms with van der Waals surface area (Å²) in [7, 11) is 0. The summed E-state index contributed by atoms with van der Waals surface area (Å²) in [5.41, 5.74) is 4.46. The van der Waals surface area contributed by atoms with Crippen LogP contribution in [0.4, 0.5) is 18.0 Å². The monoisotopic (exact) mass is 432 g/mol. The molecule has 0 saturated carbocycles. The summed E-state index contributed by atoms with van der Waals surface area (Å²) in [6.07, 6.45) is -4.24. The lowest BCUT2D eigenvalue weighted by atomic mass is 10.1. The van der Waals surface area contributed by atoms with Gasteiger partial charge in [-0.25, -0.2) is 9.48 Å². The van der Waals surface area contributed by atoms with Gasteiger partial charge in [0.25, 0.3) is 0 Å². The molecular weight excluding hydrogens is 409 g/mol. The van der Waals surface area contributed by atoms with Crippen molar-refractivity contribution < 1.29 is 22.7 Å². The first-order valence-corrected chi connectivity index (χ1v) is 9.70. The molecule has 0 fully saturated rings. The van der Waals surface area contributed by atoms with Gasteiger partial charge in [0.15, 0.2) is 0 Å². The van der Waals surface area contributed by atoms with Crippen LogP contribution in [0.3, 0.4) is 0 Å². The van der Waals surface area contributed by atoms with Gasteiger partial charge in [0.1, 0.15) is 5.75 Å². The molecule has 9 heteroatoms. The van der Waals surface area contributed by atoms with Crippen LogP contribution in [0.25, 0.3) is 5.69 Å². The number of aromatic nitrogens is 2. The van der Waals surface area contributed by atoms with E-state index in [0.29, 0.717) is 19.5 Å². The molecule has 0 unspecified atom stereocenters. The summed E-state index contributed by atoms with van der Waals surface area (Å²) in [5.74, 6) is -0.274. The van der Waals surface area contributed by atoms with Crippen LogP contribution in [0, 0.1) is 13.8 Å². The Hall–Kier alpha value is -3.49. The first-order chi connectivity index (χ1) is 14.7. The fraction of sp³-hybridized carbons (Fsp3) is 0.273. The number of carbonyl (C=O) groups excluding carboxylic acids is 1. The number of hydrogen-bond donors (Lipinski definition) is 2. The van der Waals surface area contributed by atoms with Crippen LogP contribution in [-0.2, 0) is 13.0 Å². The predicted molar refractivity (Wildman–Crippen MR) is 110 cm³/mol. The van der Waals surface area contributed by atoms with Crippen molar-refractivity contribution in [1.82, 2.24) is 20.4 Å². The quantitative estimate of drug-likeness (QED) is 0.581. The summed E-state index contributed by atoms with van der Waals surface area (Å²) >= 11 is 0. The number of rotatable bonds is 7. The Labute approximate surface area is 178 Å². The Bertz CT molecular complexity index is 1020. The number of aryl methyl sites for hydroxylation is 1. The van der Waals surface area contributed by atoms with Gasteiger partial charge in [-0.2, -0.15) is 5.10 Å². The first kappa shape index (κ1) is 22.2. The third-order valence-corrected chi connectivity index (χ3v) is 4.72. The van der Waals surface area contributed by atoms with E-state index in [0.717, 1.165) is 28.2 Å². The second-order valence-electron chi connectivity index (χ2n) is 6.95. The van der Waals surface area contributed by atoms with E-state index >= 15 is 0 Å². The standard InChI is InChI=1S/C22H23F3N4O2/c1-15-20(16(2)29(28-15)18-6-4-3-5-7-18)14-27-21(30)26-13-12-17-8-10-19(11-9-17)31-22(23,24)25/h3-11H,12-14H2,1-2H3,(H2,26,27,30). The van der Waals surface area contributed by atoms with Crippen LogP contribution in [0.2, 0.25) is 0 Å². The van der Waals surface area contributed by atoms with Crippen molar-refractivity contribution in [2.45, 2.75) is 33.2 Å². The average Bonchev–Trinajstić information content (AvgIpc) is 3.01. The molecule has 0 aliphatic rings. The molecule has 0 aliphatic carbocycles. The van der Waals surface area contributed by atoms with E-state index in [4.69, 9.17) is 0 Å².